The Hall–Kier alpha value is -3.94. The first-order valence-corrected chi connectivity index (χ1v) is 14.4. The Kier molecular flexibility index (Phi) is 6.75. The van der Waals surface area contributed by atoms with Gasteiger partial charge >= 0.3 is 12.2 Å². The molecule has 2 N–H and O–H groups in total. The van der Waals surface area contributed by atoms with Crippen LogP contribution in [0, 0.1) is 23.0 Å². The van der Waals surface area contributed by atoms with E-state index in [1.807, 2.05) is 11.0 Å². The van der Waals surface area contributed by atoms with Gasteiger partial charge in [0.1, 0.15) is 29.4 Å². The number of ether oxygens (including phenoxy) is 3. The van der Waals surface area contributed by atoms with Crippen molar-refractivity contribution in [2.45, 2.75) is 50.4 Å². The van der Waals surface area contributed by atoms with Gasteiger partial charge in [-0.05, 0) is 30.5 Å². The highest BCUT2D eigenvalue weighted by molar-refractivity contribution is 7.23. The van der Waals surface area contributed by atoms with Crippen LogP contribution in [0.2, 0.25) is 0 Å². The van der Waals surface area contributed by atoms with Gasteiger partial charge in [0.05, 0.1) is 46.3 Å². The van der Waals surface area contributed by atoms with Crippen molar-refractivity contribution in [2.24, 2.45) is 0 Å². The summed E-state index contributed by atoms with van der Waals surface area (Å²) in [6, 6.07) is 1.45. The van der Waals surface area contributed by atoms with E-state index in [0.717, 1.165) is 24.0 Å². The van der Waals surface area contributed by atoms with Crippen LogP contribution in [-0.2, 0) is 18.0 Å². The average Bonchev–Trinajstić information content (AvgIpc) is 3.73. The zero-order chi connectivity index (χ0) is 31.0. The Labute approximate surface area is 249 Å². The first-order chi connectivity index (χ1) is 21.0. The molecule has 9 nitrogen and oxygen atoms in total. The van der Waals surface area contributed by atoms with Gasteiger partial charge in [0.25, 0.3) is 0 Å². The lowest BCUT2D eigenvalue weighted by Crippen LogP contribution is -2.43. The molecule has 0 unspecified atom stereocenters. The summed E-state index contributed by atoms with van der Waals surface area (Å²) < 4.78 is 102. The molecule has 16 heteroatoms. The van der Waals surface area contributed by atoms with Crippen molar-refractivity contribution in [1.29, 1.82) is 5.26 Å². The molecule has 2 saturated heterocycles. The van der Waals surface area contributed by atoms with Crippen molar-refractivity contribution < 1.29 is 40.6 Å². The molecule has 0 aliphatic carbocycles. The van der Waals surface area contributed by atoms with E-state index >= 15 is 4.39 Å². The minimum Gasteiger partial charge on any atom is -0.467 e. The third kappa shape index (κ3) is 4.56. The summed E-state index contributed by atoms with van der Waals surface area (Å²) in [6.45, 7) is -1.20. The lowest BCUT2D eigenvalue weighted by Gasteiger charge is -2.30. The maximum absolute atomic E-state index is 16.7. The van der Waals surface area contributed by atoms with E-state index in [4.69, 9.17) is 19.9 Å². The van der Waals surface area contributed by atoms with Crippen molar-refractivity contribution in [3.63, 3.8) is 0 Å². The Morgan fingerprint density at radius 2 is 1.98 bits per heavy atom. The second-order valence-electron chi connectivity index (χ2n) is 11.1. The van der Waals surface area contributed by atoms with E-state index in [2.05, 4.69) is 15.0 Å². The first-order valence-electron chi connectivity index (χ1n) is 13.6. The second kappa shape index (κ2) is 10.3. The molecule has 0 bridgehead atoms. The highest BCUT2D eigenvalue weighted by atomic mass is 32.1. The number of halogens is 6. The number of alkyl halides is 4. The maximum Gasteiger partial charge on any atom is 0.422 e. The summed E-state index contributed by atoms with van der Waals surface area (Å²) in [4.78, 5) is 14.4. The van der Waals surface area contributed by atoms with Crippen LogP contribution >= 0.6 is 11.3 Å². The van der Waals surface area contributed by atoms with E-state index < -0.39 is 53.5 Å². The van der Waals surface area contributed by atoms with Crippen molar-refractivity contribution in [1.82, 2.24) is 19.9 Å². The lowest BCUT2D eigenvalue weighted by atomic mass is 9.93. The molecule has 0 radical (unpaired) electrons. The molecule has 0 spiro atoms. The molecular formula is C28H22F6N6O3S. The summed E-state index contributed by atoms with van der Waals surface area (Å²) in [6.07, 6.45) is -3.27. The van der Waals surface area contributed by atoms with Crippen LogP contribution in [0.4, 0.5) is 31.3 Å². The maximum atomic E-state index is 16.7. The number of hydrogen-bond acceptors (Lipinski definition) is 10. The third-order valence-electron chi connectivity index (χ3n) is 8.39. The highest BCUT2D eigenvalue weighted by Crippen LogP contribution is 2.47. The van der Waals surface area contributed by atoms with Gasteiger partial charge < -0.3 is 19.9 Å². The highest BCUT2D eigenvalue weighted by Gasteiger charge is 2.49. The number of nitrogens with two attached hydrogens (primary N) is 1. The molecule has 44 heavy (non-hydrogen) atoms. The Bertz CT molecular complexity index is 1880. The molecule has 4 aromatic rings. The monoisotopic (exact) mass is 636 g/mol. The largest absolute Gasteiger partial charge is 0.467 e. The van der Waals surface area contributed by atoms with Crippen LogP contribution in [0.1, 0.15) is 36.0 Å². The molecule has 3 aliphatic rings. The normalized spacial score (nSPS) is 21.6. The number of rotatable bonds is 6. The fraction of sp³-hybridized carbons (Fsp3) is 0.429. The third-order valence-corrected chi connectivity index (χ3v) is 9.42. The minimum absolute atomic E-state index is 0.00773. The number of pyridine rings is 1. The number of benzene rings is 1. The van der Waals surface area contributed by atoms with Crippen LogP contribution in [0.15, 0.2) is 6.20 Å². The minimum atomic E-state index is -4.74. The second-order valence-corrected chi connectivity index (χ2v) is 12.1. The van der Waals surface area contributed by atoms with Crippen molar-refractivity contribution in [3.8, 4) is 29.2 Å². The van der Waals surface area contributed by atoms with Gasteiger partial charge in [0.2, 0.25) is 5.88 Å². The van der Waals surface area contributed by atoms with Crippen molar-refractivity contribution >= 4 is 37.3 Å². The molecular weight excluding hydrogens is 614 g/mol. The summed E-state index contributed by atoms with van der Waals surface area (Å²) >= 11 is 0.805. The van der Waals surface area contributed by atoms with Gasteiger partial charge in [-0.2, -0.15) is 28.4 Å². The van der Waals surface area contributed by atoms with Crippen LogP contribution in [0.5, 0.6) is 11.9 Å². The quantitative estimate of drug-likeness (QED) is 0.271. The zero-order valence-corrected chi connectivity index (χ0v) is 23.5. The van der Waals surface area contributed by atoms with Gasteiger partial charge in [-0.15, -0.1) is 11.3 Å². The number of fused-ring (bicyclic) bond motifs is 5. The Morgan fingerprint density at radius 3 is 2.75 bits per heavy atom. The van der Waals surface area contributed by atoms with E-state index in [-0.39, 0.29) is 81.2 Å². The molecule has 1 aromatic carbocycles. The summed E-state index contributed by atoms with van der Waals surface area (Å²) in [5, 5.41) is 9.61. The molecule has 0 saturated carbocycles. The molecule has 0 amide bonds. The number of nitrogens with zero attached hydrogens (tertiary/aromatic N) is 5. The SMILES string of the molecule is N#Cc1c(N)sc2c(F)cnc(-c3c4c(c5c(OCC(F)(F)F)nc(OC[C@@]67CCCN6C[C@H](F)C7)nc5c3F)COC4)c12. The molecule has 230 valence electrons. The van der Waals surface area contributed by atoms with Crippen LogP contribution in [0.25, 0.3) is 32.2 Å². The van der Waals surface area contributed by atoms with Gasteiger partial charge in [-0.3, -0.25) is 9.88 Å². The predicted octanol–water partition coefficient (Wildman–Crippen LogP) is 5.57. The first kappa shape index (κ1) is 28.8. The lowest BCUT2D eigenvalue weighted by molar-refractivity contribution is -0.153. The molecule has 3 aromatic heterocycles. The number of thiophene rings is 1. The number of nitrogen functional groups attached to an aromatic ring is 1. The zero-order valence-electron chi connectivity index (χ0n) is 22.7. The number of anilines is 1. The van der Waals surface area contributed by atoms with Crippen molar-refractivity contribution in [3.05, 3.63) is 34.5 Å². The van der Waals surface area contributed by atoms with Crippen molar-refractivity contribution in [2.75, 3.05) is 32.0 Å². The van der Waals surface area contributed by atoms with E-state index in [0.29, 0.717) is 13.0 Å². The Balaban J connectivity index is 1.43. The Morgan fingerprint density at radius 1 is 1.18 bits per heavy atom. The van der Waals surface area contributed by atoms with Gasteiger partial charge in [-0.1, -0.05) is 0 Å². The molecule has 2 atom stereocenters. The standard InChI is InChI=1S/C28H22F6N6O3S/c29-12-4-27(2-1-3-40(27)7-12)10-43-26-38-22-19(25(39-26)42-11-28(32,33)34)15-9-41-8-14(15)17(20(22)31)21-18-13(5-35)24(36)44-23(18)16(30)6-37-21/h6,12H,1-4,7-11,36H2/t12-,27+/m1/s1. The summed E-state index contributed by atoms with van der Waals surface area (Å²) in [5.74, 6) is -2.37. The summed E-state index contributed by atoms with van der Waals surface area (Å²) in [7, 11) is 0. The smallest absolute Gasteiger partial charge is 0.422 e. The van der Waals surface area contributed by atoms with E-state index in [1.165, 1.54) is 0 Å². The van der Waals surface area contributed by atoms with E-state index in [1.54, 1.807) is 0 Å². The average molecular weight is 637 g/mol. The van der Waals surface area contributed by atoms with Gasteiger partial charge in [0, 0.05) is 23.9 Å². The molecule has 7 rings (SSSR count). The fourth-order valence-electron chi connectivity index (χ4n) is 6.58. The van der Waals surface area contributed by atoms with Gasteiger partial charge in [-0.25, -0.2) is 13.2 Å². The fourth-order valence-corrected chi connectivity index (χ4v) is 7.50. The molecule has 3 aliphatic heterocycles. The van der Waals surface area contributed by atoms with Crippen LogP contribution in [0.3, 0.4) is 0 Å². The summed E-state index contributed by atoms with van der Waals surface area (Å²) in [5.41, 5.74) is 4.97. The van der Waals surface area contributed by atoms with Crippen LogP contribution < -0.4 is 15.2 Å². The number of nitriles is 1. The predicted molar refractivity (Wildman–Crippen MR) is 146 cm³/mol. The number of hydrogen-bond donors (Lipinski definition) is 1. The molecule has 6 heterocycles. The number of aromatic nitrogens is 3. The van der Waals surface area contributed by atoms with Gasteiger partial charge in [0.15, 0.2) is 18.2 Å². The topological polar surface area (TPSA) is 119 Å². The van der Waals surface area contributed by atoms with E-state index in [9.17, 15) is 27.2 Å². The van der Waals surface area contributed by atoms with Crippen LogP contribution in [-0.4, -0.2) is 64.0 Å². The molecule has 2 fully saturated rings.